The summed E-state index contributed by atoms with van der Waals surface area (Å²) in [5.74, 6) is 0.328. The zero-order chi connectivity index (χ0) is 19.0. The van der Waals surface area contributed by atoms with Crippen LogP contribution in [0.1, 0.15) is 56.7 Å². The van der Waals surface area contributed by atoms with Crippen LogP contribution < -0.4 is 10.2 Å². The molecule has 3 fully saturated rings. The van der Waals surface area contributed by atoms with Gasteiger partial charge < -0.3 is 10.2 Å². The molecule has 3 amide bonds. The van der Waals surface area contributed by atoms with Crippen molar-refractivity contribution in [1.29, 1.82) is 0 Å². The van der Waals surface area contributed by atoms with E-state index in [-0.39, 0.29) is 5.91 Å². The first-order chi connectivity index (χ1) is 13.0. The number of imide groups is 1. The molecule has 9 heteroatoms. The standard InChI is InChI=1S/C18H24ClN5O2S/c1-12-5-7-18(8-6-12)15(25)24(16(26)22-18)20-11-13-14(19)21-17(27-13)23-9-3-2-4-10-23/h11-12H,2-10H2,1H3,(H,22,26)/b20-11-. The Hall–Kier alpha value is -1.67. The first-order valence-electron chi connectivity index (χ1n) is 9.60. The molecule has 0 aromatic carbocycles. The van der Waals surface area contributed by atoms with E-state index in [1.807, 2.05) is 0 Å². The fourth-order valence-electron chi connectivity index (χ4n) is 4.02. The van der Waals surface area contributed by atoms with Gasteiger partial charge in [-0.05, 0) is 50.9 Å². The van der Waals surface area contributed by atoms with Crippen molar-refractivity contribution in [2.45, 2.75) is 57.4 Å². The van der Waals surface area contributed by atoms with Crippen LogP contribution in [0.2, 0.25) is 5.15 Å². The Labute approximate surface area is 167 Å². The van der Waals surface area contributed by atoms with E-state index in [4.69, 9.17) is 11.6 Å². The lowest BCUT2D eigenvalue weighted by atomic mass is 9.77. The molecule has 146 valence electrons. The number of nitrogens with zero attached hydrogens (tertiary/aromatic N) is 4. The second kappa shape index (κ2) is 7.39. The number of rotatable bonds is 3. The first kappa shape index (κ1) is 18.7. The number of hydrogen-bond acceptors (Lipinski definition) is 6. The molecule has 1 saturated carbocycles. The lowest BCUT2D eigenvalue weighted by Crippen LogP contribution is -2.49. The number of halogens is 1. The van der Waals surface area contributed by atoms with E-state index in [2.05, 4.69) is 27.2 Å². The van der Waals surface area contributed by atoms with Gasteiger partial charge in [0.1, 0.15) is 5.54 Å². The predicted octanol–water partition coefficient (Wildman–Crippen LogP) is 3.62. The van der Waals surface area contributed by atoms with Crippen LogP contribution >= 0.6 is 22.9 Å². The van der Waals surface area contributed by atoms with Gasteiger partial charge in [0, 0.05) is 13.1 Å². The maximum absolute atomic E-state index is 12.8. The lowest BCUT2D eigenvalue weighted by Gasteiger charge is -2.33. The van der Waals surface area contributed by atoms with Gasteiger partial charge in [-0.25, -0.2) is 9.78 Å². The van der Waals surface area contributed by atoms with Gasteiger partial charge in [-0.15, -0.1) is 5.01 Å². The summed E-state index contributed by atoms with van der Waals surface area (Å²) < 4.78 is 0. The average molecular weight is 410 g/mol. The minimum absolute atomic E-state index is 0.257. The fourth-order valence-corrected chi connectivity index (χ4v) is 5.19. The fraction of sp³-hybridized carbons (Fsp3) is 0.667. The molecule has 0 atom stereocenters. The van der Waals surface area contributed by atoms with Crippen molar-refractivity contribution >= 4 is 46.2 Å². The highest BCUT2D eigenvalue weighted by atomic mass is 35.5. The van der Waals surface area contributed by atoms with Crippen LogP contribution in [0.3, 0.4) is 0 Å². The Kier molecular flexibility index (Phi) is 5.11. The summed E-state index contributed by atoms with van der Waals surface area (Å²) in [6.07, 6.45) is 8.25. The van der Waals surface area contributed by atoms with Crippen molar-refractivity contribution < 1.29 is 9.59 Å². The van der Waals surface area contributed by atoms with Gasteiger partial charge in [-0.3, -0.25) is 4.79 Å². The van der Waals surface area contributed by atoms with E-state index in [0.29, 0.717) is 28.8 Å². The number of carbonyl (C=O) groups is 2. The van der Waals surface area contributed by atoms with Crippen LogP contribution in [0, 0.1) is 5.92 Å². The maximum atomic E-state index is 12.8. The zero-order valence-corrected chi connectivity index (χ0v) is 17.0. The SMILES string of the molecule is CC1CCC2(CC1)NC(=O)N(/N=C\c1sc(N3CCCCC3)nc1Cl)C2=O. The van der Waals surface area contributed by atoms with Crippen LogP contribution in [0.5, 0.6) is 0 Å². The number of hydrazone groups is 1. The molecule has 1 spiro atoms. The molecule has 1 aromatic rings. The average Bonchev–Trinajstić information content (AvgIpc) is 3.15. The molecule has 2 saturated heterocycles. The number of carbonyl (C=O) groups excluding carboxylic acids is 2. The number of amides is 3. The van der Waals surface area contributed by atoms with Crippen LogP contribution in [0.15, 0.2) is 5.10 Å². The second-order valence-electron chi connectivity index (χ2n) is 7.76. The Bertz CT molecular complexity index is 766. The molecule has 1 N–H and O–H groups in total. The van der Waals surface area contributed by atoms with E-state index in [0.717, 1.165) is 48.9 Å². The molecular weight excluding hydrogens is 386 g/mol. The molecule has 7 nitrogen and oxygen atoms in total. The molecule has 2 aliphatic heterocycles. The summed E-state index contributed by atoms with van der Waals surface area (Å²) in [5, 5.41) is 9.21. The van der Waals surface area contributed by atoms with Crippen LogP contribution in [-0.2, 0) is 4.79 Å². The lowest BCUT2D eigenvalue weighted by molar-refractivity contribution is -0.132. The number of piperidine rings is 1. The van der Waals surface area contributed by atoms with Gasteiger partial charge in [-0.1, -0.05) is 29.9 Å². The number of nitrogens with one attached hydrogen (secondary N) is 1. The third kappa shape index (κ3) is 3.57. The molecule has 0 radical (unpaired) electrons. The summed E-state index contributed by atoms with van der Waals surface area (Å²) >= 11 is 7.70. The number of aromatic nitrogens is 1. The quantitative estimate of drug-likeness (QED) is 0.610. The van der Waals surface area contributed by atoms with E-state index in [1.165, 1.54) is 24.0 Å². The zero-order valence-electron chi connectivity index (χ0n) is 15.4. The van der Waals surface area contributed by atoms with Gasteiger partial charge >= 0.3 is 6.03 Å². The van der Waals surface area contributed by atoms with Gasteiger partial charge in [0.25, 0.3) is 5.91 Å². The third-order valence-corrected chi connectivity index (χ3v) is 7.23. The molecular formula is C18H24ClN5O2S. The molecule has 1 aliphatic carbocycles. The van der Waals surface area contributed by atoms with E-state index >= 15 is 0 Å². The number of thiazole rings is 1. The minimum atomic E-state index is -0.780. The van der Waals surface area contributed by atoms with Gasteiger partial charge in [-0.2, -0.15) is 5.10 Å². The number of hydrogen-bond donors (Lipinski definition) is 1. The molecule has 3 heterocycles. The highest BCUT2D eigenvalue weighted by Gasteiger charge is 2.52. The largest absolute Gasteiger partial charge is 0.348 e. The monoisotopic (exact) mass is 409 g/mol. The normalized spacial score (nSPS) is 29.2. The topological polar surface area (TPSA) is 77.9 Å². The highest BCUT2D eigenvalue weighted by Crippen LogP contribution is 2.36. The van der Waals surface area contributed by atoms with Crippen molar-refractivity contribution in [2.75, 3.05) is 18.0 Å². The first-order valence-corrected chi connectivity index (χ1v) is 10.8. The molecule has 0 unspecified atom stereocenters. The predicted molar refractivity (Wildman–Crippen MR) is 107 cm³/mol. The maximum Gasteiger partial charge on any atom is 0.346 e. The summed E-state index contributed by atoms with van der Waals surface area (Å²) in [7, 11) is 0. The van der Waals surface area contributed by atoms with Gasteiger partial charge in [0.05, 0.1) is 11.1 Å². The Morgan fingerprint density at radius 3 is 2.67 bits per heavy atom. The van der Waals surface area contributed by atoms with Crippen LogP contribution in [-0.4, -0.2) is 46.8 Å². The second-order valence-corrected chi connectivity index (χ2v) is 9.12. The Morgan fingerprint density at radius 2 is 1.96 bits per heavy atom. The molecule has 3 aliphatic rings. The van der Waals surface area contributed by atoms with Crippen molar-refractivity contribution in [3.8, 4) is 0 Å². The molecule has 0 bridgehead atoms. The Morgan fingerprint density at radius 1 is 1.26 bits per heavy atom. The summed E-state index contributed by atoms with van der Waals surface area (Å²) in [5.41, 5.74) is -0.780. The van der Waals surface area contributed by atoms with Crippen molar-refractivity contribution in [1.82, 2.24) is 15.3 Å². The molecule has 1 aromatic heterocycles. The highest BCUT2D eigenvalue weighted by molar-refractivity contribution is 7.17. The van der Waals surface area contributed by atoms with Crippen molar-refractivity contribution in [3.63, 3.8) is 0 Å². The number of anilines is 1. The summed E-state index contributed by atoms with van der Waals surface area (Å²) in [6.45, 7) is 4.14. The van der Waals surface area contributed by atoms with Gasteiger partial charge in [0.15, 0.2) is 10.3 Å². The van der Waals surface area contributed by atoms with E-state index in [1.54, 1.807) is 0 Å². The minimum Gasteiger partial charge on any atom is -0.348 e. The molecule has 4 rings (SSSR count). The summed E-state index contributed by atoms with van der Waals surface area (Å²) in [4.78, 5) is 32.5. The van der Waals surface area contributed by atoms with E-state index < -0.39 is 11.6 Å². The number of urea groups is 1. The van der Waals surface area contributed by atoms with Gasteiger partial charge in [0.2, 0.25) is 0 Å². The Balaban J connectivity index is 1.49. The third-order valence-electron chi connectivity index (χ3n) is 5.78. The summed E-state index contributed by atoms with van der Waals surface area (Å²) in [6, 6.07) is -0.456. The van der Waals surface area contributed by atoms with Crippen LogP contribution in [0.4, 0.5) is 9.93 Å². The van der Waals surface area contributed by atoms with E-state index in [9.17, 15) is 9.59 Å². The van der Waals surface area contributed by atoms with Crippen LogP contribution in [0.25, 0.3) is 0 Å². The molecule has 27 heavy (non-hydrogen) atoms. The van der Waals surface area contributed by atoms with Crippen molar-refractivity contribution in [2.24, 2.45) is 11.0 Å². The van der Waals surface area contributed by atoms with Crippen molar-refractivity contribution in [3.05, 3.63) is 10.0 Å². The smallest absolute Gasteiger partial charge is 0.346 e.